The van der Waals surface area contributed by atoms with Gasteiger partial charge in [0, 0.05) is 5.56 Å². The molecule has 0 aliphatic carbocycles. The van der Waals surface area contributed by atoms with Gasteiger partial charge in [-0.25, -0.2) is 4.79 Å². The summed E-state index contributed by atoms with van der Waals surface area (Å²) in [6, 6.07) is 8.32. The van der Waals surface area contributed by atoms with Gasteiger partial charge in [0.2, 0.25) is 5.60 Å². The van der Waals surface area contributed by atoms with E-state index in [-0.39, 0.29) is 6.42 Å². The summed E-state index contributed by atoms with van der Waals surface area (Å²) in [6.45, 7) is 0. The molecule has 1 aromatic rings. The third-order valence-corrected chi connectivity index (χ3v) is 2.21. The van der Waals surface area contributed by atoms with Gasteiger partial charge in [-0.1, -0.05) is 18.2 Å². The molecule has 1 aliphatic rings. The van der Waals surface area contributed by atoms with Crippen LogP contribution in [0.2, 0.25) is 0 Å². The van der Waals surface area contributed by atoms with Crippen molar-refractivity contribution in [1.82, 2.24) is 0 Å². The SMILES string of the molecule is N#CC[C@@]1(O)C(=O)Oc2ccccc21. The highest BCUT2D eigenvalue weighted by molar-refractivity contribution is 5.88. The summed E-state index contributed by atoms with van der Waals surface area (Å²) in [5.41, 5.74) is -1.42. The van der Waals surface area contributed by atoms with E-state index in [1.807, 2.05) is 0 Å². The van der Waals surface area contributed by atoms with Crippen LogP contribution in [0.15, 0.2) is 24.3 Å². The van der Waals surface area contributed by atoms with Crippen LogP contribution in [0, 0.1) is 11.3 Å². The molecule has 1 atom stereocenters. The minimum atomic E-state index is -1.79. The second kappa shape index (κ2) is 2.82. The third-order valence-electron chi connectivity index (χ3n) is 2.21. The fourth-order valence-electron chi connectivity index (χ4n) is 1.47. The van der Waals surface area contributed by atoms with Gasteiger partial charge in [-0.15, -0.1) is 0 Å². The second-order valence-electron chi connectivity index (χ2n) is 3.08. The van der Waals surface area contributed by atoms with E-state index in [2.05, 4.69) is 0 Å². The van der Waals surface area contributed by atoms with Crippen molar-refractivity contribution in [3.05, 3.63) is 29.8 Å². The van der Waals surface area contributed by atoms with Gasteiger partial charge in [0.15, 0.2) is 0 Å². The van der Waals surface area contributed by atoms with Crippen LogP contribution in [0.1, 0.15) is 12.0 Å². The van der Waals surface area contributed by atoms with Gasteiger partial charge in [-0.05, 0) is 6.07 Å². The van der Waals surface area contributed by atoms with E-state index in [9.17, 15) is 9.90 Å². The van der Waals surface area contributed by atoms with Gasteiger partial charge < -0.3 is 9.84 Å². The lowest BCUT2D eigenvalue weighted by Gasteiger charge is -2.14. The van der Waals surface area contributed by atoms with Crippen LogP contribution in [0.4, 0.5) is 0 Å². The maximum Gasteiger partial charge on any atom is 0.349 e. The molecule has 2 rings (SSSR count). The Bertz CT molecular complexity index is 435. The fourth-order valence-corrected chi connectivity index (χ4v) is 1.47. The maximum atomic E-state index is 11.3. The van der Waals surface area contributed by atoms with Crippen molar-refractivity contribution >= 4 is 5.97 Å². The summed E-state index contributed by atoms with van der Waals surface area (Å²) in [5, 5.41) is 18.4. The highest BCUT2D eigenvalue weighted by Crippen LogP contribution is 2.39. The van der Waals surface area contributed by atoms with Crippen molar-refractivity contribution in [3.8, 4) is 11.8 Å². The molecule has 0 radical (unpaired) electrons. The van der Waals surface area contributed by atoms with Crippen molar-refractivity contribution < 1.29 is 14.6 Å². The standard InChI is InChI=1S/C10H7NO3/c11-6-5-10(13)7-3-1-2-4-8(7)14-9(10)12/h1-4,13H,5H2/t10-/m0/s1. The van der Waals surface area contributed by atoms with Crippen LogP contribution in [0.3, 0.4) is 0 Å². The molecule has 0 saturated heterocycles. The Morgan fingerprint density at radius 2 is 2.21 bits per heavy atom. The predicted molar refractivity (Wildman–Crippen MR) is 46.2 cm³/mol. The molecule has 0 spiro atoms. The van der Waals surface area contributed by atoms with Crippen LogP contribution in [-0.2, 0) is 10.4 Å². The zero-order chi connectivity index (χ0) is 10.2. The molecule has 1 N–H and O–H groups in total. The molecule has 0 fully saturated rings. The summed E-state index contributed by atoms with van der Waals surface area (Å²) < 4.78 is 4.83. The first kappa shape index (κ1) is 8.73. The van der Waals surface area contributed by atoms with Gasteiger partial charge in [-0.2, -0.15) is 5.26 Å². The van der Waals surface area contributed by atoms with E-state index < -0.39 is 11.6 Å². The molecule has 1 aliphatic heterocycles. The van der Waals surface area contributed by atoms with E-state index in [1.54, 1.807) is 30.3 Å². The molecule has 0 amide bonds. The van der Waals surface area contributed by atoms with Crippen LogP contribution in [0.25, 0.3) is 0 Å². The fraction of sp³-hybridized carbons (Fsp3) is 0.200. The van der Waals surface area contributed by atoms with Crippen LogP contribution >= 0.6 is 0 Å². The normalized spacial score (nSPS) is 23.9. The Morgan fingerprint density at radius 3 is 2.93 bits per heavy atom. The molecule has 4 heteroatoms. The maximum absolute atomic E-state index is 11.3. The minimum Gasteiger partial charge on any atom is -0.424 e. The van der Waals surface area contributed by atoms with Crippen molar-refractivity contribution in [2.75, 3.05) is 0 Å². The second-order valence-corrected chi connectivity index (χ2v) is 3.08. The summed E-state index contributed by atoms with van der Waals surface area (Å²) in [5.74, 6) is -0.449. The van der Waals surface area contributed by atoms with Crippen molar-refractivity contribution in [2.24, 2.45) is 0 Å². The highest BCUT2D eigenvalue weighted by Gasteiger charge is 2.47. The number of carbonyl (C=O) groups excluding carboxylic acids is 1. The first-order chi connectivity index (χ1) is 6.68. The molecule has 70 valence electrons. The molecule has 14 heavy (non-hydrogen) atoms. The van der Waals surface area contributed by atoms with Gasteiger partial charge >= 0.3 is 5.97 Å². The molecule has 0 bridgehead atoms. The molecule has 0 saturated carbocycles. The lowest BCUT2D eigenvalue weighted by molar-refractivity contribution is -0.151. The number of hydrogen-bond donors (Lipinski definition) is 1. The van der Waals surface area contributed by atoms with Crippen molar-refractivity contribution in [2.45, 2.75) is 12.0 Å². The van der Waals surface area contributed by atoms with E-state index in [0.717, 1.165) is 0 Å². The van der Waals surface area contributed by atoms with Gasteiger partial charge in [0.05, 0.1) is 12.5 Å². The zero-order valence-corrected chi connectivity index (χ0v) is 7.23. The first-order valence-electron chi connectivity index (χ1n) is 4.09. The van der Waals surface area contributed by atoms with Crippen molar-refractivity contribution in [1.29, 1.82) is 5.26 Å². The Labute approximate surface area is 80.3 Å². The van der Waals surface area contributed by atoms with E-state index in [4.69, 9.17) is 10.00 Å². The van der Waals surface area contributed by atoms with E-state index >= 15 is 0 Å². The molecule has 1 heterocycles. The number of nitrogens with zero attached hydrogens (tertiary/aromatic N) is 1. The average molecular weight is 189 g/mol. The number of esters is 1. The molecule has 4 nitrogen and oxygen atoms in total. The number of para-hydroxylation sites is 1. The lowest BCUT2D eigenvalue weighted by Crippen LogP contribution is -2.32. The number of fused-ring (bicyclic) bond motifs is 1. The zero-order valence-electron chi connectivity index (χ0n) is 7.23. The number of nitriles is 1. The largest absolute Gasteiger partial charge is 0.424 e. The molecule has 0 aromatic heterocycles. The van der Waals surface area contributed by atoms with Gasteiger partial charge in [-0.3, -0.25) is 0 Å². The Hall–Kier alpha value is -1.86. The molecular weight excluding hydrogens is 182 g/mol. The summed E-state index contributed by atoms with van der Waals surface area (Å²) >= 11 is 0. The van der Waals surface area contributed by atoms with E-state index in [1.165, 1.54) is 0 Å². The number of ether oxygens (including phenoxy) is 1. The van der Waals surface area contributed by atoms with Crippen LogP contribution in [-0.4, -0.2) is 11.1 Å². The van der Waals surface area contributed by atoms with E-state index in [0.29, 0.717) is 11.3 Å². The highest BCUT2D eigenvalue weighted by atomic mass is 16.6. The Balaban J connectivity index is 2.55. The first-order valence-corrected chi connectivity index (χ1v) is 4.09. The Morgan fingerprint density at radius 1 is 1.50 bits per heavy atom. The number of rotatable bonds is 1. The third kappa shape index (κ3) is 0.998. The average Bonchev–Trinajstić information content (AvgIpc) is 2.41. The van der Waals surface area contributed by atoms with Crippen LogP contribution in [0.5, 0.6) is 5.75 Å². The molecule has 1 aromatic carbocycles. The molecular formula is C10H7NO3. The van der Waals surface area contributed by atoms with Gasteiger partial charge in [0.25, 0.3) is 0 Å². The summed E-state index contributed by atoms with van der Waals surface area (Å²) in [6.07, 6.45) is -0.289. The minimum absolute atomic E-state index is 0.289. The number of carbonyl (C=O) groups is 1. The Kier molecular flexibility index (Phi) is 1.76. The summed E-state index contributed by atoms with van der Waals surface area (Å²) in [7, 11) is 0. The predicted octanol–water partition coefficient (Wildman–Crippen LogP) is 0.707. The van der Waals surface area contributed by atoms with Gasteiger partial charge in [0.1, 0.15) is 5.75 Å². The summed E-state index contributed by atoms with van der Waals surface area (Å²) in [4.78, 5) is 11.3. The lowest BCUT2D eigenvalue weighted by atomic mass is 9.93. The quantitative estimate of drug-likeness (QED) is 0.521. The van der Waals surface area contributed by atoms with Crippen molar-refractivity contribution in [3.63, 3.8) is 0 Å². The monoisotopic (exact) mass is 189 g/mol. The number of hydrogen-bond acceptors (Lipinski definition) is 4. The smallest absolute Gasteiger partial charge is 0.349 e. The molecule has 0 unspecified atom stereocenters. The number of benzene rings is 1. The van der Waals surface area contributed by atoms with Crippen LogP contribution < -0.4 is 4.74 Å². The number of aliphatic hydroxyl groups is 1. The topological polar surface area (TPSA) is 70.3 Å².